The number of fused-ring (bicyclic) bond motifs is 9. The summed E-state index contributed by atoms with van der Waals surface area (Å²) in [7, 11) is 0. The maximum atomic E-state index is 5.31. The van der Waals surface area contributed by atoms with Crippen LogP contribution in [0.2, 0.25) is 0 Å². The van der Waals surface area contributed by atoms with E-state index in [1.807, 2.05) is 0 Å². The molecule has 0 saturated heterocycles. The number of allylic oxidation sites excluding steroid dienone is 1. The van der Waals surface area contributed by atoms with E-state index in [9.17, 15) is 0 Å². The maximum Gasteiger partial charge on any atom is 0.133 e. The summed E-state index contributed by atoms with van der Waals surface area (Å²) in [6.07, 6.45) is 4.16. The van der Waals surface area contributed by atoms with Gasteiger partial charge < -0.3 is 0 Å². The molecule has 230 valence electrons. The molecule has 1 aliphatic rings. The minimum Gasteiger partial charge on any atom is -0.294 e. The van der Waals surface area contributed by atoms with Gasteiger partial charge in [-0.05, 0) is 109 Å². The Morgan fingerprint density at radius 2 is 0.816 bits per heavy atom. The summed E-state index contributed by atoms with van der Waals surface area (Å²) >= 11 is 0. The van der Waals surface area contributed by atoms with Crippen LogP contribution < -0.4 is 0 Å². The lowest BCUT2D eigenvalue weighted by Gasteiger charge is -2.17. The molecule has 1 aromatic heterocycles. The fraction of sp³-hybridized carbons (Fsp3) is 0.0426. The van der Waals surface area contributed by atoms with Crippen LogP contribution in [0.3, 0.4) is 0 Å². The van der Waals surface area contributed by atoms with Gasteiger partial charge in [0.2, 0.25) is 0 Å². The number of aliphatic imine (C=N–C) groups is 1. The first kappa shape index (κ1) is 27.8. The van der Waals surface area contributed by atoms with E-state index in [1.165, 1.54) is 81.9 Å². The van der Waals surface area contributed by atoms with Crippen molar-refractivity contribution in [3.05, 3.63) is 175 Å². The Kier molecular flexibility index (Phi) is 6.35. The molecule has 2 heterocycles. The third-order valence-electron chi connectivity index (χ3n) is 10.2. The maximum absolute atomic E-state index is 5.31. The third-order valence-corrected chi connectivity index (χ3v) is 10.2. The number of nitrogens with zero attached hydrogens (tertiary/aromatic N) is 2. The lowest BCUT2D eigenvalue weighted by molar-refractivity contribution is 1.02. The van der Waals surface area contributed by atoms with Crippen molar-refractivity contribution in [1.82, 2.24) is 4.57 Å². The van der Waals surface area contributed by atoms with Gasteiger partial charge in [0.15, 0.2) is 0 Å². The van der Waals surface area contributed by atoms with E-state index in [0.717, 1.165) is 24.4 Å². The summed E-state index contributed by atoms with van der Waals surface area (Å²) in [5.41, 5.74) is 9.55. The van der Waals surface area contributed by atoms with Gasteiger partial charge in [0, 0.05) is 10.8 Å². The van der Waals surface area contributed by atoms with Crippen LogP contribution in [0.5, 0.6) is 0 Å². The van der Waals surface area contributed by atoms with Crippen LogP contribution in [-0.2, 0) is 0 Å². The topological polar surface area (TPSA) is 17.3 Å². The Morgan fingerprint density at radius 1 is 0.367 bits per heavy atom. The molecule has 0 aliphatic carbocycles. The average Bonchev–Trinajstić information content (AvgIpc) is 3.52. The van der Waals surface area contributed by atoms with E-state index < -0.39 is 0 Å². The van der Waals surface area contributed by atoms with E-state index in [-0.39, 0.29) is 0 Å². The molecular weight excluding hydrogens is 593 g/mol. The van der Waals surface area contributed by atoms with E-state index >= 15 is 0 Å². The zero-order valence-electron chi connectivity index (χ0n) is 27.0. The molecule has 0 spiro atoms. The zero-order chi connectivity index (χ0) is 32.3. The van der Waals surface area contributed by atoms with Crippen molar-refractivity contribution < 1.29 is 0 Å². The normalized spacial score (nSPS) is 13.4. The fourth-order valence-electron chi connectivity index (χ4n) is 7.94. The Hall–Kier alpha value is -6.25. The number of hydrogen-bond acceptors (Lipinski definition) is 1. The number of aromatic nitrogens is 1. The first-order valence-electron chi connectivity index (χ1n) is 17.1. The number of rotatable bonds is 4. The van der Waals surface area contributed by atoms with Gasteiger partial charge in [0.05, 0.1) is 16.7 Å². The molecule has 10 rings (SSSR count). The van der Waals surface area contributed by atoms with E-state index in [4.69, 9.17) is 4.99 Å². The molecule has 0 saturated carbocycles. The van der Waals surface area contributed by atoms with Crippen molar-refractivity contribution in [3.63, 3.8) is 0 Å². The molecule has 0 amide bonds. The van der Waals surface area contributed by atoms with Gasteiger partial charge in [-0.1, -0.05) is 133 Å². The van der Waals surface area contributed by atoms with Crippen LogP contribution in [-0.4, -0.2) is 10.3 Å². The molecule has 2 heteroatoms. The predicted octanol–water partition coefficient (Wildman–Crippen LogP) is 12.7. The molecule has 0 radical (unpaired) electrons. The van der Waals surface area contributed by atoms with E-state index in [1.54, 1.807) is 0 Å². The summed E-state index contributed by atoms with van der Waals surface area (Å²) < 4.78 is 2.33. The standard InChI is InChI=1S/C47H32N2/c1-2-18-38-36(16-1)37-17-3-4-19-39(37)43-30-34(26-27-40(38)43)32-13-9-12-31(28-32)33-14-10-15-35(29-33)44-22-11-25-47(48-44)49-45-23-7-5-20-41(45)42-21-6-8-24-46(42)49/h1-10,12-21,23-30H,11,22H2. The second-order valence-electron chi connectivity index (χ2n) is 13.0. The van der Waals surface area contributed by atoms with Crippen LogP contribution in [0.4, 0.5) is 0 Å². The van der Waals surface area contributed by atoms with E-state index in [2.05, 4.69) is 174 Å². The monoisotopic (exact) mass is 624 g/mol. The molecule has 0 N–H and O–H groups in total. The molecule has 1 aliphatic heterocycles. The van der Waals surface area contributed by atoms with E-state index in [0.29, 0.717) is 0 Å². The largest absolute Gasteiger partial charge is 0.294 e. The quantitative estimate of drug-likeness (QED) is 0.173. The van der Waals surface area contributed by atoms with Gasteiger partial charge in [-0.15, -0.1) is 0 Å². The molecule has 8 aromatic carbocycles. The number of hydrogen-bond donors (Lipinski definition) is 0. The van der Waals surface area contributed by atoms with Crippen LogP contribution >= 0.6 is 0 Å². The summed E-state index contributed by atoms with van der Waals surface area (Å²) in [6, 6.07) is 59.7. The average molecular weight is 625 g/mol. The fourth-order valence-corrected chi connectivity index (χ4v) is 7.94. The third kappa shape index (κ3) is 4.52. The Labute approximate surface area is 284 Å². The van der Waals surface area contributed by atoms with Crippen LogP contribution in [0, 0.1) is 0 Å². The SMILES string of the molecule is C1=C(n2c3ccccc3c3ccccc32)N=C(c2cccc(-c3cccc(-c4ccc5c6ccccc6c6ccccc6c5c4)c3)c2)CC1. The first-order chi connectivity index (χ1) is 24.3. The van der Waals surface area contributed by atoms with Gasteiger partial charge >= 0.3 is 0 Å². The zero-order valence-corrected chi connectivity index (χ0v) is 27.0. The second kappa shape index (κ2) is 11.2. The predicted molar refractivity (Wildman–Crippen MR) is 209 cm³/mol. The first-order valence-corrected chi connectivity index (χ1v) is 17.1. The molecule has 0 fully saturated rings. The Balaban J connectivity index is 1.04. The van der Waals surface area contributed by atoms with Gasteiger partial charge in [0.1, 0.15) is 5.82 Å². The smallest absolute Gasteiger partial charge is 0.133 e. The minimum atomic E-state index is 0.920. The highest BCUT2D eigenvalue weighted by atomic mass is 15.1. The van der Waals surface area contributed by atoms with Gasteiger partial charge in [0.25, 0.3) is 0 Å². The van der Waals surface area contributed by atoms with Gasteiger partial charge in [-0.2, -0.15) is 0 Å². The lowest BCUT2D eigenvalue weighted by Crippen LogP contribution is -2.08. The van der Waals surface area contributed by atoms with Crippen molar-refractivity contribution >= 4 is 65.7 Å². The summed E-state index contributed by atoms with van der Waals surface area (Å²) in [6.45, 7) is 0. The molecular formula is C47H32N2. The van der Waals surface area contributed by atoms with Gasteiger partial charge in [-0.3, -0.25) is 4.57 Å². The summed E-state index contributed by atoms with van der Waals surface area (Å²) in [5.74, 6) is 1.00. The Morgan fingerprint density at radius 3 is 1.41 bits per heavy atom. The molecule has 0 bridgehead atoms. The van der Waals surface area contributed by atoms with Crippen molar-refractivity contribution in [1.29, 1.82) is 0 Å². The highest BCUT2D eigenvalue weighted by molar-refractivity contribution is 6.25. The summed E-state index contributed by atoms with van der Waals surface area (Å²) in [5, 5.41) is 10.3. The van der Waals surface area contributed by atoms with Crippen molar-refractivity contribution in [2.45, 2.75) is 12.8 Å². The highest BCUT2D eigenvalue weighted by Gasteiger charge is 2.17. The lowest BCUT2D eigenvalue weighted by atomic mass is 9.91. The summed E-state index contributed by atoms with van der Waals surface area (Å²) in [4.78, 5) is 5.31. The van der Waals surface area contributed by atoms with Crippen LogP contribution in [0.1, 0.15) is 18.4 Å². The number of benzene rings is 8. The Bertz CT molecular complexity index is 2740. The van der Waals surface area contributed by atoms with Crippen molar-refractivity contribution in [2.24, 2.45) is 4.99 Å². The van der Waals surface area contributed by atoms with Crippen molar-refractivity contribution in [2.75, 3.05) is 0 Å². The molecule has 49 heavy (non-hydrogen) atoms. The second-order valence-corrected chi connectivity index (χ2v) is 13.0. The van der Waals surface area contributed by atoms with Crippen LogP contribution in [0.15, 0.2) is 175 Å². The molecule has 0 unspecified atom stereocenters. The molecule has 2 nitrogen and oxygen atoms in total. The van der Waals surface area contributed by atoms with Crippen molar-refractivity contribution in [3.8, 4) is 22.3 Å². The molecule has 9 aromatic rings. The van der Waals surface area contributed by atoms with Gasteiger partial charge in [-0.25, -0.2) is 4.99 Å². The highest BCUT2D eigenvalue weighted by Crippen LogP contribution is 2.38. The molecule has 0 atom stereocenters. The van der Waals surface area contributed by atoms with Crippen LogP contribution in [0.25, 0.3) is 82.2 Å². The number of para-hydroxylation sites is 2. The minimum absolute atomic E-state index is 0.920.